The highest BCUT2D eigenvalue weighted by Crippen LogP contribution is 2.28. The molecule has 2 rings (SSSR count). The molecule has 1 atom stereocenters. The van der Waals surface area contributed by atoms with E-state index in [9.17, 15) is 4.79 Å². The van der Waals surface area contributed by atoms with Crippen molar-refractivity contribution in [3.8, 4) is 0 Å². The number of likely N-dealkylation sites (tertiary alicyclic amines) is 1. The highest BCUT2D eigenvalue weighted by molar-refractivity contribution is 5.75. The van der Waals surface area contributed by atoms with E-state index in [1.165, 1.54) is 5.56 Å². The molecule has 116 valence electrons. The Bertz CT molecular complexity index is 459. The maximum absolute atomic E-state index is 12.4. The molecule has 0 aromatic heterocycles. The highest BCUT2D eigenvalue weighted by Gasteiger charge is 2.37. The number of hydrogen-bond donors (Lipinski definition) is 1. The second-order valence-electron chi connectivity index (χ2n) is 6.28. The van der Waals surface area contributed by atoms with Crippen LogP contribution in [0.1, 0.15) is 32.3 Å². The fourth-order valence-electron chi connectivity index (χ4n) is 2.98. The first-order valence-electron chi connectivity index (χ1n) is 7.65. The molecule has 1 aromatic rings. The van der Waals surface area contributed by atoms with Gasteiger partial charge < -0.3 is 15.0 Å². The van der Waals surface area contributed by atoms with Gasteiger partial charge in [-0.1, -0.05) is 30.3 Å². The van der Waals surface area contributed by atoms with E-state index in [1.807, 2.05) is 23.1 Å². The third-order valence-corrected chi connectivity index (χ3v) is 4.24. The van der Waals surface area contributed by atoms with Crippen molar-refractivity contribution in [2.75, 3.05) is 20.2 Å². The third kappa shape index (κ3) is 4.21. The minimum absolute atomic E-state index is 0.0329. The average molecular weight is 290 g/mol. The lowest BCUT2D eigenvalue weighted by Crippen LogP contribution is -2.57. The number of hydrogen-bond acceptors (Lipinski definition) is 2. The van der Waals surface area contributed by atoms with Crippen LogP contribution in [0.4, 0.5) is 4.79 Å². The van der Waals surface area contributed by atoms with Crippen LogP contribution in [0.25, 0.3) is 0 Å². The quantitative estimate of drug-likeness (QED) is 0.926. The molecule has 0 aliphatic carbocycles. The molecule has 1 aromatic carbocycles. The van der Waals surface area contributed by atoms with E-state index in [0.717, 1.165) is 25.8 Å². The minimum Gasteiger partial charge on any atom is -0.381 e. The molecule has 1 unspecified atom stereocenters. The summed E-state index contributed by atoms with van der Waals surface area (Å²) in [5.74, 6) is 0. The molecule has 0 radical (unpaired) electrons. The Labute approximate surface area is 127 Å². The van der Waals surface area contributed by atoms with Gasteiger partial charge in [0.05, 0.1) is 6.10 Å². The van der Waals surface area contributed by atoms with Crippen LogP contribution in [0.5, 0.6) is 0 Å². The molecule has 1 aliphatic heterocycles. The molecule has 1 N–H and O–H groups in total. The zero-order valence-corrected chi connectivity index (χ0v) is 13.3. The van der Waals surface area contributed by atoms with Crippen molar-refractivity contribution in [2.24, 2.45) is 0 Å². The van der Waals surface area contributed by atoms with Gasteiger partial charge in [-0.05, 0) is 38.7 Å². The molecule has 0 bridgehead atoms. The number of piperidine rings is 1. The molecule has 1 aliphatic rings. The summed E-state index contributed by atoms with van der Waals surface area (Å²) in [4.78, 5) is 14.3. The van der Waals surface area contributed by atoms with E-state index < -0.39 is 0 Å². The Kier molecular flexibility index (Phi) is 5.23. The van der Waals surface area contributed by atoms with Crippen molar-refractivity contribution in [3.63, 3.8) is 0 Å². The smallest absolute Gasteiger partial charge is 0.317 e. The molecule has 0 saturated carbocycles. The molecule has 1 fully saturated rings. The number of methoxy groups -OCH3 is 1. The van der Waals surface area contributed by atoms with E-state index in [4.69, 9.17) is 4.74 Å². The number of carbonyl (C=O) groups excluding carboxylic acids is 1. The molecule has 4 heteroatoms. The Balaban J connectivity index is 1.83. The lowest BCUT2D eigenvalue weighted by molar-refractivity contribution is -0.00484. The number of urea groups is 1. The van der Waals surface area contributed by atoms with Crippen molar-refractivity contribution in [1.82, 2.24) is 10.2 Å². The molecule has 1 saturated heterocycles. The summed E-state index contributed by atoms with van der Waals surface area (Å²) in [6.07, 6.45) is 2.91. The fourth-order valence-corrected chi connectivity index (χ4v) is 2.98. The minimum atomic E-state index is -0.157. The number of carbonyl (C=O) groups is 1. The first-order chi connectivity index (χ1) is 10.0. The lowest BCUT2D eigenvalue weighted by Gasteiger charge is -2.45. The van der Waals surface area contributed by atoms with Crippen molar-refractivity contribution in [1.29, 1.82) is 0 Å². The number of amides is 2. The van der Waals surface area contributed by atoms with Crippen LogP contribution in [0.3, 0.4) is 0 Å². The number of ether oxygens (including phenoxy) is 1. The second-order valence-corrected chi connectivity index (χ2v) is 6.28. The Morgan fingerprint density at radius 2 is 2.10 bits per heavy atom. The first-order valence-corrected chi connectivity index (χ1v) is 7.65. The number of nitrogens with zero attached hydrogens (tertiary/aromatic N) is 1. The molecular formula is C17H26N2O2. The fraction of sp³-hybridized carbons (Fsp3) is 0.588. The average Bonchev–Trinajstić information content (AvgIpc) is 2.47. The zero-order chi connectivity index (χ0) is 15.3. The lowest BCUT2D eigenvalue weighted by atomic mass is 9.89. The van der Waals surface area contributed by atoms with Crippen LogP contribution in [-0.4, -0.2) is 42.8 Å². The van der Waals surface area contributed by atoms with Crippen LogP contribution in [0, 0.1) is 0 Å². The molecular weight excluding hydrogens is 264 g/mol. The molecule has 21 heavy (non-hydrogen) atoms. The number of nitrogens with one attached hydrogen (secondary N) is 1. The van der Waals surface area contributed by atoms with Crippen LogP contribution >= 0.6 is 0 Å². The summed E-state index contributed by atoms with van der Waals surface area (Å²) < 4.78 is 5.44. The summed E-state index contributed by atoms with van der Waals surface area (Å²) in [5, 5.41) is 3.04. The van der Waals surface area contributed by atoms with E-state index >= 15 is 0 Å². The van der Waals surface area contributed by atoms with Gasteiger partial charge in [-0.3, -0.25) is 0 Å². The highest BCUT2D eigenvalue weighted by atomic mass is 16.5. The first kappa shape index (κ1) is 15.8. The largest absolute Gasteiger partial charge is 0.381 e. The standard InChI is InChI=1S/C17H26N2O2/c1-17(2)13-15(21-3)10-12-19(17)16(20)18-11-9-14-7-5-4-6-8-14/h4-8,15H,9-13H2,1-3H3,(H,18,20). The van der Waals surface area contributed by atoms with Gasteiger partial charge in [0.25, 0.3) is 0 Å². The summed E-state index contributed by atoms with van der Waals surface area (Å²) in [7, 11) is 1.75. The van der Waals surface area contributed by atoms with Crippen LogP contribution in [0.15, 0.2) is 30.3 Å². The van der Waals surface area contributed by atoms with Gasteiger partial charge in [0.2, 0.25) is 0 Å². The van der Waals surface area contributed by atoms with Crippen LogP contribution in [-0.2, 0) is 11.2 Å². The van der Waals surface area contributed by atoms with Gasteiger partial charge in [-0.25, -0.2) is 4.79 Å². The van der Waals surface area contributed by atoms with Gasteiger partial charge in [-0.2, -0.15) is 0 Å². The van der Waals surface area contributed by atoms with Crippen molar-refractivity contribution in [2.45, 2.75) is 44.8 Å². The SMILES string of the molecule is COC1CCN(C(=O)NCCc2ccccc2)C(C)(C)C1. The van der Waals surface area contributed by atoms with E-state index in [2.05, 4.69) is 31.3 Å². The summed E-state index contributed by atoms with van der Waals surface area (Å²) in [5.41, 5.74) is 1.09. The zero-order valence-electron chi connectivity index (χ0n) is 13.3. The van der Waals surface area contributed by atoms with Crippen molar-refractivity contribution < 1.29 is 9.53 Å². The second kappa shape index (κ2) is 6.94. The predicted octanol–water partition coefficient (Wildman–Crippen LogP) is 2.83. The Hall–Kier alpha value is -1.55. The van der Waals surface area contributed by atoms with Crippen LogP contribution < -0.4 is 5.32 Å². The van der Waals surface area contributed by atoms with E-state index in [1.54, 1.807) is 7.11 Å². The summed E-state index contributed by atoms with van der Waals surface area (Å²) in [6, 6.07) is 10.3. The molecule has 4 nitrogen and oxygen atoms in total. The normalized spacial score (nSPS) is 21.1. The summed E-state index contributed by atoms with van der Waals surface area (Å²) in [6.45, 7) is 5.63. The third-order valence-electron chi connectivity index (χ3n) is 4.24. The molecule has 2 amide bonds. The summed E-state index contributed by atoms with van der Waals surface area (Å²) >= 11 is 0. The predicted molar refractivity (Wildman–Crippen MR) is 84.4 cm³/mol. The van der Waals surface area contributed by atoms with Gasteiger partial charge in [-0.15, -0.1) is 0 Å². The van der Waals surface area contributed by atoms with Gasteiger partial charge in [0, 0.05) is 25.7 Å². The maximum Gasteiger partial charge on any atom is 0.317 e. The molecule has 0 spiro atoms. The Morgan fingerprint density at radius 3 is 2.71 bits per heavy atom. The topological polar surface area (TPSA) is 41.6 Å². The van der Waals surface area contributed by atoms with Crippen molar-refractivity contribution >= 4 is 6.03 Å². The number of rotatable bonds is 4. The van der Waals surface area contributed by atoms with Gasteiger partial charge in [0.15, 0.2) is 0 Å². The Morgan fingerprint density at radius 1 is 1.38 bits per heavy atom. The van der Waals surface area contributed by atoms with Crippen molar-refractivity contribution in [3.05, 3.63) is 35.9 Å². The van der Waals surface area contributed by atoms with Gasteiger partial charge in [0.1, 0.15) is 0 Å². The molecule has 1 heterocycles. The van der Waals surface area contributed by atoms with Crippen LogP contribution in [0.2, 0.25) is 0 Å². The van der Waals surface area contributed by atoms with E-state index in [-0.39, 0.29) is 17.7 Å². The van der Waals surface area contributed by atoms with Gasteiger partial charge >= 0.3 is 6.03 Å². The maximum atomic E-state index is 12.4. The van der Waals surface area contributed by atoms with E-state index in [0.29, 0.717) is 6.54 Å². The number of benzene rings is 1. The monoisotopic (exact) mass is 290 g/mol.